The van der Waals surface area contributed by atoms with Gasteiger partial charge in [0.1, 0.15) is 5.75 Å². The molecule has 0 radical (unpaired) electrons. The average Bonchev–Trinajstić information content (AvgIpc) is 3.13. The van der Waals surface area contributed by atoms with Gasteiger partial charge in [0.2, 0.25) is 0 Å². The molecule has 0 heterocycles. The van der Waals surface area contributed by atoms with Crippen molar-refractivity contribution in [3.8, 4) is 5.75 Å². The van der Waals surface area contributed by atoms with Crippen molar-refractivity contribution in [2.24, 2.45) is 11.8 Å². The topological polar surface area (TPSA) is 21.3 Å². The van der Waals surface area contributed by atoms with E-state index in [1.807, 2.05) is 0 Å². The van der Waals surface area contributed by atoms with E-state index in [2.05, 4.69) is 17.0 Å². The predicted molar refractivity (Wildman–Crippen MR) is 66.7 cm³/mol. The Hall–Kier alpha value is -1.23. The molecular weight excluding hydrogens is 255 g/mol. The van der Waals surface area contributed by atoms with Crippen LogP contribution >= 0.6 is 0 Å². The Labute approximate surface area is 111 Å². The van der Waals surface area contributed by atoms with Crippen LogP contribution in [-0.4, -0.2) is 12.9 Å². The second-order valence-electron chi connectivity index (χ2n) is 5.14. The van der Waals surface area contributed by atoms with Crippen molar-refractivity contribution in [2.45, 2.75) is 32.7 Å². The molecule has 2 nitrogen and oxygen atoms in total. The summed E-state index contributed by atoms with van der Waals surface area (Å²) < 4.78 is 39.8. The normalized spacial score (nSPS) is 17.3. The van der Waals surface area contributed by atoms with E-state index in [1.54, 1.807) is 12.1 Å². The van der Waals surface area contributed by atoms with Crippen molar-refractivity contribution in [2.75, 3.05) is 6.54 Å². The lowest BCUT2D eigenvalue weighted by Crippen LogP contribution is -2.21. The summed E-state index contributed by atoms with van der Waals surface area (Å²) in [6.07, 6.45) is -1.97. The molecule has 1 saturated carbocycles. The van der Waals surface area contributed by atoms with E-state index < -0.39 is 6.36 Å². The third-order valence-corrected chi connectivity index (χ3v) is 3.38. The number of hydrogen-bond acceptors (Lipinski definition) is 2. The van der Waals surface area contributed by atoms with Crippen LogP contribution in [0.2, 0.25) is 0 Å². The van der Waals surface area contributed by atoms with Gasteiger partial charge in [-0.15, -0.1) is 13.2 Å². The van der Waals surface area contributed by atoms with Crippen LogP contribution in [0.3, 0.4) is 0 Å². The number of alkyl halides is 3. The zero-order valence-electron chi connectivity index (χ0n) is 10.8. The first-order chi connectivity index (χ1) is 8.94. The summed E-state index contributed by atoms with van der Waals surface area (Å²) in [6.45, 7) is 3.85. The summed E-state index contributed by atoms with van der Waals surface area (Å²) in [5, 5.41) is 3.33. The van der Waals surface area contributed by atoms with Crippen LogP contribution in [0.25, 0.3) is 0 Å². The highest BCUT2D eigenvalue weighted by Crippen LogP contribution is 2.36. The van der Waals surface area contributed by atoms with Gasteiger partial charge in [-0.05, 0) is 48.9 Å². The number of halogens is 3. The van der Waals surface area contributed by atoms with Gasteiger partial charge < -0.3 is 10.1 Å². The Morgan fingerprint density at radius 2 is 1.89 bits per heavy atom. The lowest BCUT2D eigenvalue weighted by molar-refractivity contribution is -0.274. The number of nitrogens with one attached hydrogen (secondary N) is 1. The quantitative estimate of drug-likeness (QED) is 0.853. The molecule has 0 bridgehead atoms. The third-order valence-electron chi connectivity index (χ3n) is 3.38. The number of rotatable bonds is 6. The van der Waals surface area contributed by atoms with E-state index in [0.29, 0.717) is 12.5 Å². The maximum atomic E-state index is 12.0. The first-order valence-corrected chi connectivity index (χ1v) is 6.49. The molecule has 0 amide bonds. The van der Waals surface area contributed by atoms with Crippen molar-refractivity contribution >= 4 is 0 Å². The molecule has 1 aliphatic carbocycles. The molecule has 1 N–H and O–H groups in total. The molecular formula is C14H18F3NO. The fraction of sp³-hybridized carbons (Fsp3) is 0.571. The minimum Gasteiger partial charge on any atom is -0.406 e. The molecule has 0 aromatic heterocycles. The summed E-state index contributed by atoms with van der Waals surface area (Å²) in [5.74, 6) is 1.35. The third kappa shape index (κ3) is 5.11. The van der Waals surface area contributed by atoms with Crippen LogP contribution in [0.4, 0.5) is 13.2 Å². The van der Waals surface area contributed by atoms with Crippen LogP contribution in [-0.2, 0) is 6.54 Å². The highest BCUT2D eigenvalue weighted by atomic mass is 19.4. The number of hydrogen-bond donors (Lipinski definition) is 1. The van der Waals surface area contributed by atoms with Gasteiger partial charge in [-0.25, -0.2) is 0 Å². The van der Waals surface area contributed by atoms with Gasteiger partial charge in [0.15, 0.2) is 0 Å². The predicted octanol–water partition coefficient (Wildman–Crippen LogP) is 3.72. The fourth-order valence-corrected chi connectivity index (χ4v) is 2.09. The lowest BCUT2D eigenvalue weighted by atomic mass is 10.1. The zero-order chi connectivity index (χ0) is 13.9. The molecule has 2 rings (SSSR count). The van der Waals surface area contributed by atoms with E-state index in [1.165, 1.54) is 25.0 Å². The van der Waals surface area contributed by atoms with Crippen molar-refractivity contribution in [1.82, 2.24) is 5.32 Å². The second kappa shape index (κ2) is 5.82. The standard InChI is InChI=1S/C14H18F3NO/c1-10(12-4-5-12)8-18-9-11-2-6-13(7-3-11)19-14(15,16)17/h2-3,6-7,10,12,18H,4-5,8-9H2,1H3. The molecule has 1 aliphatic rings. The van der Waals surface area contributed by atoms with Gasteiger partial charge in [-0.3, -0.25) is 0 Å². The average molecular weight is 273 g/mol. The largest absolute Gasteiger partial charge is 0.573 e. The summed E-state index contributed by atoms with van der Waals surface area (Å²) >= 11 is 0. The Kier molecular flexibility index (Phi) is 4.34. The van der Waals surface area contributed by atoms with Crippen LogP contribution in [0, 0.1) is 11.8 Å². The van der Waals surface area contributed by atoms with Crippen LogP contribution in [0.15, 0.2) is 24.3 Å². The van der Waals surface area contributed by atoms with E-state index in [9.17, 15) is 13.2 Å². The SMILES string of the molecule is CC(CNCc1ccc(OC(F)(F)F)cc1)C1CC1. The van der Waals surface area contributed by atoms with Gasteiger partial charge in [0.05, 0.1) is 0 Å². The number of benzene rings is 1. The molecule has 1 aromatic rings. The van der Waals surface area contributed by atoms with Gasteiger partial charge >= 0.3 is 6.36 Å². The van der Waals surface area contributed by atoms with Gasteiger partial charge in [-0.2, -0.15) is 0 Å². The fourth-order valence-electron chi connectivity index (χ4n) is 2.09. The maximum Gasteiger partial charge on any atom is 0.573 e. The van der Waals surface area contributed by atoms with Gasteiger partial charge in [0.25, 0.3) is 0 Å². The Morgan fingerprint density at radius 1 is 1.26 bits per heavy atom. The molecule has 0 saturated heterocycles. The van der Waals surface area contributed by atoms with Crippen molar-refractivity contribution in [1.29, 1.82) is 0 Å². The highest BCUT2D eigenvalue weighted by Gasteiger charge is 2.31. The number of ether oxygens (including phenoxy) is 1. The molecule has 1 unspecified atom stereocenters. The van der Waals surface area contributed by atoms with E-state index in [-0.39, 0.29) is 5.75 Å². The Bertz CT molecular complexity index is 398. The summed E-state index contributed by atoms with van der Waals surface area (Å²) in [6, 6.07) is 5.98. The summed E-state index contributed by atoms with van der Waals surface area (Å²) in [7, 11) is 0. The molecule has 0 spiro atoms. The van der Waals surface area contributed by atoms with E-state index in [0.717, 1.165) is 18.0 Å². The smallest absolute Gasteiger partial charge is 0.406 e. The van der Waals surface area contributed by atoms with Gasteiger partial charge in [0, 0.05) is 6.54 Å². The highest BCUT2D eigenvalue weighted by molar-refractivity contribution is 5.27. The first kappa shape index (κ1) is 14.2. The minimum atomic E-state index is -4.63. The molecule has 1 aromatic carbocycles. The van der Waals surface area contributed by atoms with Crippen molar-refractivity contribution < 1.29 is 17.9 Å². The molecule has 106 valence electrons. The Balaban J connectivity index is 1.75. The molecule has 1 fully saturated rings. The molecule has 5 heteroatoms. The van der Waals surface area contributed by atoms with Crippen molar-refractivity contribution in [3.05, 3.63) is 29.8 Å². The van der Waals surface area contributed by atoms with Gasteiger partial charge in [-0.1, -0.05) is 19.1 Å². The monoisotopic (exact) mass is 273 g/mol. The van der Waals surface area contributed by atoms with Crippen LogP contribution < -0.4 is 10.1 Å². The summed E-state index contributed by atoms with van der Waals surface area (Å²) in [4.78, 5) is 0. The first-order valence-electron chi connectivity index (χ1n) is 6.49. The second-order valence-corrected chi connectivity index (χ2v) is 5.14. The molecule has 1 atom stereocenters. The van der Waals surface area contributed by atoms with Crippen LogP contribution in [0.1, 0.15) is 25.3 Å². The van der Waals surface area contributed by atoms with E-state index in [4.69, 9.17) is 0 Å². The minimum absolute atomic E-state index is 0.178. The molecule has 19 heavy (non-hydrogen) atoms. The molecule has 0 aliphatic heterocycles. The van der Waals surface area contributed by atoms with E-state index >= 15 is 0 Å². The van der Waals surface area contributed by atoms with Crippen molar-refractivity contribution in [3.63, 3.8) is 0 Å². The Morgan fingerprint density at radius 3 is 2.42 bits per heavy atom. The maximum absolute atomic E-state index is 12.0. The summed E-state index contributed by atoms with van der Waals surface area (Å²) in [5.41, 5.74) is 0.956. The van der Waals surface area contributed by atoms with Crippen LogP contribution in [0.5, 0.6) is 5.75 Å². The lowest BCUT2D eigenvalue weighted by Gasteiger charge is -2.12. The zero-order valence-corrected chi connectivity index (χ0v) is 10.8.